The van der Waals surface area contributed by atoms with Crippen molar-refractivity contribution in [3.05, 3.63) is 69.8 Å². The average molecular weight is 450 g/mol. The number of rotatable bonds is 6. The fraction of sp³-hybridized carbons (Fsp3) is 0.333. The number of ketones is 1. The van der Waals surface area contributed by atoms with Gasteiger partial charge in [0.2, 0.25) is 11.8 Å². The molecule has 0 radical (unpaired) electrons. The molecule has 2 aromatic rings. The SMILES string of the molecule is CC1CCC2C(=O)N(c3ccc(C(=O)OCC(=O)c4ccc([N+](=O)[O-])cc4)cc3)C(=O)C2C1. The van der Waals surface area contributed by atoms with Crippen LogP contribution in [0.5, 0.6) is 0 Å². The van der Waals surface area contributed by atoms with Gasteiger partial charge >= 0.3 is 5.97 Å². The van der Waals surface area contributed by atoms with Crippen LogP contribution < -0.4 is 4.90 Å². The number of carbonyl (C=O) groups excluding carboxylic acids is 4. The zero-order valence-corrected chi connectivity index (χ0v) is 17.9. The first-order chi connectivity index (χ1) is 15.8. The van der Waals surface area contributed by atoms with E-state index in [1.807, 2.05) is 0 Å². The molecule has 9 nitrogen and oxygen atoms in total. The fourth-order valence-corrected chi connectivity index (χ4v) is 4.46. The summed E-state index contributed by atoms with van der Waals surface area (Å²) in [7, 11) is 0. The predicted molar refractivity (Wildman–Crippen MR) is 117 cm³/mol. The largest absolute Gasteiger partial charge is 0.454 e. The van der Waals surface area contributed by atoms with Crippen LogP contribution in [0.2, 0.25) is 0 Å². The van der Waals surface area contributed by atoms with E-state index in [0.29, 0.717) is 24.4 Å². The first-order valence-electron chi connectivity index (χ1n) is 10.7. The van der Waals surface area contributed by atoms with Crippen LogP contribution >= 0.6 is 0 Å². The van der Waals surface area contributed by atoms with Crippen LogP contribution in [0.25, 0.3) is 0 Å². The Kier molecular flexibility index (Phi) is 6.04. The zero-order valence-electron chi connectivity index (χ0n) is 17.9. The van der Waals surface area contributed by atoms with Crippen molar-refractivity contribution in [2.24, 2.45) is 17.8 Å². The van der Waals surface area contributed by atoms with E-state index < -0.39 is 23.3 Å². The van der Waals surface area contributed by atoms with Crippen molar-refractivity contribution in [2.75, 3.05) is 11.5 Å². The molecule has 4 rings (SSSR count). The number of carbonyl (C=O) groups is 4. The molecule has 1 saturated carbocycles. The van der Waals surface area contributed by atoms with Crippen LogP contribution in [-0.4, -0.2) is 35.1 Å². The zero-order chi connectivity index (χ0) is 23.7. The van der Waals surface area contributed by atoms with Crippen molar-refractivity contribution >= 4 is 34.9 Å². The molecule has 170 valence electrons. The van der Waals surface area contributed by atoms with Crippen LogP contribution in [-0.2, 0) is 14.3 Å². The Hall–Kier alpha value is -3.88. The Morgan fingerprint density at radius 1 is 0.970 bits per heavy atom. The first-order valence-corrected chi connectivity index (χ1v) is 10.7. The summed E-state index contributed by atoms with van der Waals surface area (Å²) < 4.78 is 5.05. The van der Waals surface area contributed by atoms with E-state index in [1.54, 1.807) is 0 Å². The Labute approximate surface area is 189 Å². The van der Waals surface area contributed by atoms with Gasteiger partial charge in [0.25, 0.3) is 5.69 Å². The summed E-state index contributed by atoms with van der Waals surface area (Å²) >= 11 is 0. The number of amides is 2. The maximum Gasteiger partial charge on any atom is 0.338 e. The lowest BCUT2D eigenvalue weighted by Gasteiger charge is -2.25. The van der Waals surface area contributed by atoms with E-state index in [1.165, 1.54) is 53.4 Å². The lowest BCUT2D eigenvalue weighted by molar-refractivity contribution is -0.384. The van der Waals surface area contributed by atoms with E-state index in [4.69, 9.17) is 4.74 Å². The van der Waals surface area contributed by atoms with Gasteiger partial charge in [-0.3, -0.25) is 29.4 Å². The van der Waals surface area contributed by atoms with Gasteiger partial charge in [-0.05, 0) is 61.6 Å². The third-order valence-electron chi connectivity index (χ3n) is 6.28. The molecule has 9 heteroatoms. The molecule has 3 atom stereocenters. The minimum atomic E-state index is -0.738. The highest BCUT2D eigenvalue weighted by molar-refractivity contribution is 6.22. The van der Waals surface area contributed by atoms with Gasteiger partial charge in [-0.15, -0.1) is 0 Å². The van der Waals surface area contributed by atoms with E-state index >= 15 is 0 Å². The molecule has 0 aromatic heterocycles. The highest BCUT2D eigenvalue weighted by Crippen LogP contribution is 2.42. The van der Waals surface area contributed by atoms with Crippen molar-refractivity contribution < 1.29 is 28.8 Å². The smallest absolute Gasteiger partial charge is 0.338 e. The number of hydrogen-bond donors (Lipinski definition) is 0. The summed E-state index contributed by atoms with van der Waals surface area (Å²) in [6.45, 7) is 1.56. The normalized spacial score (nSPS) is 22.1. The Morgan fingerprint density at radius 2 is 1.58 bits per heavy atom. The minimum absolute atomic E-state index is 0.146. The van der Waals surface area contributed by atoms with Crippen molar-refractivity contribution in [1.29, 1.82) is 0 Å². The van der Waals surface area contributed by atoms with Crippen molar-refractivity contribution in [2.45, 2.75) is 26.2 Å². The molecule has 2 aromatic carbocycles. The number of imide groups is 1. The molecule has 3 unspecified atom stereocenters. The number of nitrogens with zero attached hydrogens (tertiary/aromatic N) is 2. The third kappa shape index (κ3) is 4.39. The number of fused-ring (bicyclic) bond motifs is 1. The lowest BCUT2D eigenvalue weighted by atomic mass is 9.76. The van der Waals surface area contributed by atoms with Gasteiger partial charge in [0, 0.05) is 17.7 Å². The number of benzene rings is 2. The van der Waals surface area contributed by atoms with Gasteiger partial charge in [-0.1, -0.05) is 6.92 Å². The van der Waals surface area contributed by atoms with E-state index in [2.05, 4.69) is 6.92 Å². The van der Waals surface area contributed by atoms with Crippen molar-refractivity contribution in [3.8, 4) is 0 Å². The predicted octanol–water partition coefficient (Wildman–Crippen LogP) is 3.56. The Balaban J connectivity index is 1.38. The number of nitro benzene ring substituents is 1. The van der Waals surface area contributed by atoms with Crippen LogP contribution in [0, 0.1) is 27.9 Å². The monoisotopic (exact) mass is 450 g/mol. The molecule has 33 heavy (non-hydrogen) atoms. The lowest BCUT2D eigenvalue weighted by Crippen LogP contribution is -2.30. The molecule has 1 saturated heterocycles. The van der Waals surface area contributed by atoms with Gasteiger partial charge in [-0.2, -0.15) is 0 Å². The molecular weight excluding hydrogens is 428 g/mol. The number of hydrogen-bond acceptors (Lipinski definition) is 7. The fourth-order valence-electron chi connectivity index (χ4n) is 4.46. The summed E-state index contributed by atoms with van der Waals surface area (Å²) in [6.07, 6.45) is 2.34. The number of nitro groups is 1. The second-order valence-corrected chi connectivity index (χ2v) is 8.49. The van der Waals surface area contributed by atoms with E-state index in [0.717, 1.165) is 6.42 Å². The van der Waals surface area contributed by atoms with Crippen LogP contribution in [0.4, 0.5) is 11.4 Å². The van der Waals surface area contributed by atoms with Crippen LogP contribution in [0.15, 0.2) is 48.5 Å². The van der Waals surface area contributed by atoms with Crippen molar-refractivity contribution in [3.63, 3.8) is 0 Å². The molecule has 0 bridgehead atoms. The minimum Gasteiger partial charge on any atom is -0.454 e. The number of anilines is 1. The molecule has 0 spiro atoms. The summed E-state index contributed by atoms with van der Waals surface area (Å²) in [5.74, 6) is -1.77. The number of esters is 1. The second kappa shape index (κ2) is 8.93. The topological polar surface area (TPSA) is 124 Å². The summed E-state index contributed by atoms with van der Waals surface area (Å²) in [5, 5.41) is 10.7. The molecule has 1 aliphatic carbocycles. The van der Waals surface area contributed by atoms with E-state index in [-0.39, 0.29) is 40.5 Å². The molecule has 2 aliphatic rings. The molecule has 1 aliphatic heterocycles. The molecule has 1 heterocycles. The summed E-state index contributed by atoms with van der Waals surface area (Å²) in [4.78, 5) is 61.4. The maximum absolute atomic E-state index is 12.8. The van der Waals surface area contributed by atoms with Gasteiger partial charge in [0.15, 0.2) is 12.4 Å². The van der Waals surface area contributed by atoms with Gasteiger partial charge in [0.05, 0.1) is 28.0 Å². The van der Waals surface area contributed by atoms with Gasteiger partial charge in [-0.25, -0.2) is 4.79 Å². The Bertz CT molecular complexity index is 1120. The first kappa shape index (κ1) is 22.3. The molecule has 0 N–H and O–H groups in total. The number of Topliss-reactive ketones (excluding diaryl/α,β-unsaturated/α-hetero) is 1. The third-order valence-corrected chi connectivity index (χ3v) is 6.28. The highest BCUT2D eigenvalue weighted by atomic mass is 16.6. The van der Waals surface area contributed by atoms with Gasteiger partial charge in [0.1, 0.15) is 0 Å². The van der Waals surface area contributed by atoms with Crippen molar-refractivity contribution in [1.82, 2.24) is 0 Å². The van der Waals surface area contributed by atoms with Gasteiger partial charge < -0.3 is 4.74 Å². The molecule has 2 fully saturated rings. The summed E-state index contributed by atoms with van der Waals surface area (Å²) in [6, 6.07) is 10.9. The second-order valence-electron chi connectivity index (χ2n) is 8.49. The molecule has 2 amide bonds. The van der Waals surface area contributed by atoms with Crippen LogP contribution in [0.3, 0.4) is 0 Å². The standard InChI is InChI=1S/C24H22N2O7/c1-14-2-11-19-20(12-14)23(29)25(22(19)28)17-7-5-16(6-8-17)24(30)33-13-21(27)15-3-9-18(10-4-15)26(31)32/h3-10,14,19-20H,2,11-13H2,1H3. The highest BCUT2D eigenvalue weighted by Gasteiger charge is 2.49. The Morgan fingerprint density at radius 3 is 2.21 bits per heavy atom. The average Bonchev–Trinajstić information content (AvgIpc) is 3.06. The quantitative estimate of drug-likeness (QED) is 0.217. The summed E-state index contributed by atoms with van der Waals surface area (Å²) in [5.41, 5.74) is 0.615. The van der Waals surface area contributed by atoms with Crippen LogP contribution in [0.1, 0.15) is 46.9 Å². The molecular formula is C24H22N2O7. The van der Waals surface area contributed by atoms with E-state index in [9.17, 15) is 29.3 Å². The number of non-ortho nitro benzene ring substituents is 1. The number of ether oxygens (including phenoxy) is 1. The maximum atomic E-state index is 12.8.